The molecule has 0 aromatic heterocycles. The zero-order valence-electron chi connectivity index (χ0n) is 25.5. The Labute approximate surface area is 251 Å². The number of aryl methyl sites for hydroxylation is 8. The maximum absolute atomic E-state index is 4.27. The van der Waals surface area contributed by atoms with Crippen LogP contribution < -0.4 is 12.5 Å². The summed E-state index contributed by atoms with van der Waals surface area (Å²) >= 11 is -4.27. The summed E-state index contributed by atoms with van der Waals surface area (Å²) in [6.07, 6.45) is 9.47. The SMILES string of the molecule is Cc1cccc(C)c1[N]1C=C[N](c2c(C)cccc2C)[Sn]12[N](c1c(C)cccc1C)C=C[N]2c1c(C)cccc1C. The molecule has 4 nitrogen and oxygen atoms in total. The Balaban J connectivity index is 1.76. The van der Waals surface area contributed by atoms with Gasteiger partial charge in [-0.1, -0.05) is 0 Å². The van der Waals surface area contributed by atoms with Gasteiger partial charge in [-0.3, -0.25) is 0 Å². The molecule has 2 heterocycles. The molecule has 1 spiro atoms. The van der Waals surface area contributed by atoms with Gasteiger partial charge in [0.05, 0.1) is 0 Å². The molecule has 0 fully saturated rings. The summed E-state index contributed by atoms with van der Waals surface area (Å²) in [7, 11) is 0. The van der Waals surface area contributed by atoms with E-state index in [1.54, 1.807) is 0 Å². The summed E-state index contributed by atoms with van der Waals surface area (Å²) < 4.78 is 10.8. The molecule has 0 saturated heterocycles. The average Bonchev–Trinajstić information content (AvgIpc) is 3.47. The first kappa shape index (κ1) is 27.5. The van der Waals surface area contributed by atoms with E-state index in [9.17, 15) is 0 Å². The van der Waals surface area contributed by atoms with Gasteiger partial charge in [-0.15, -0.1) is 0 Å². The Morgan fingerprint density at radius 2 is 0.488 bits per heavy atom. The summed E-state index contributed by atoms with van der Waals surface area (Å²) in [6, 6.07) is 26.8. The van der Waals surface area contributed by atoms with Gasteiger partial charge in [0.2, 0.25) is 0 Å². The second-order valence-electron chi connectivity index (χ2n) is 11.6. The van der Waals surface area contributed by atoms with Crippen LogP contribution in [0.4, 0.5) is 22.7 Å². The van der Waals surface area contributed by atoms with Gasteiger partial charge in [0, 0.05) is 0 Å². The van der Waals surface area contributed by atoms with Gasteiger partial charge in [-0.25, -0.2) is 0 Å². The molecular formula is C36H40N4Sn. The quantitative estimate of drug-likeness (QED) is 0.205. The fourth-order valence-corrected chi connectivity index (χ4v) is 21.5. The maximum atomic E-state index is 2.70. The minimum absolute atomic E-state index is 1.30. The molecule has 5 heteroatoms. The van der Waals surface area contributed by atoms with Crippen LogP contribution in [-0.4, -0.2) is 19.5 Å². The molecule has 0 bridgehead atoms. The molecule has 2 aliphatic rings. The third-order valence-electron chi connectivity index (χ3n) is 8.74. The number of rotatable bonds is 4. The van der Waals surface area contributed by atoms with Crippen LogP contribution in [-0.2, 0) is 0 Å². The van der Waals surface area contributed by atoms with Crippen LogP contribution in [0.3, 0.4) is 0 Å². The van der Waals surface area contributed by atoms with Crippen molar-refractivity contribution in [2.45, 2.75) is 55.4 Å². The first-order chi connectivity index (χ1) is 19.7. The number of para-hydroxylation sites is 4. The van der Waals surface area contributed by atoms with Crippen LogP contribution in [0.5, 0.6) is 0 Å². The van der Waals surface area contributed by atoms with Gasteiger partial charge < -0.3 is 0 Å². The van der Waals surface area contributed by atoms with Crippen molar-refractivity contribution in [3.05, 3.63) is 142 Å². The number of anilines is 4. The first-order valence-corrected chi connectivity index (χ1v) is 19.6. The molecule has 0 unspecified atom stereocenters. The second-order valence-corrected chi connectivity index (χ2v) is 20.6. The molecule has 0 N–H and O–H groups in total. The van der Waals surface area contributed by atoms with Crippen molar-refractivity contribution in [2.24, 2.45) is 0 Å². The topological polar surface area (TPSA) is 13.0 Å². The number of hydrogen-bond donors (Lipinski definition) is 0. The van der Waals surface area contributed by atoms with E-state index in [1.807, 2.05) is 0 Å². The molecule has 6 rings (SSSR count). The van der Waals surface area contributed by atoms with Gasteiger partial charge in [0.15, 0.2) is 0 Å². The molecule has 4 aromatic carbocycles. The molecule has 41 heavy (non-hydrogen) atoms. The molecule has 0 saturated carbocycles. The molecule has 0 radical (unpaired) electrons. The van der Waals surface area contributed by atoms with Crippen LogP contribution in [0.2, 0.25) is 0 Å². The molecule has 0 amide bonds. The minimum atomic E-state index is -4.27. The van der Waals surface area contributed by atoms with Crippen LogP contribution in [0.25, 0.3) is 0 Å². The Kier molecular flexibility index (Phi) is 6.93. The molecule has 4 aromatic rings. The van der Waals surface area contributed by atoms with Crippen LogP contribution in [0.15, 0.2) is 97.6 Å². The van der Waals surface area contributed by atoms with E-state index in [0.29, 0.717) is 0 Å². The Morgan fingerprint density at radius 3 is 0.659 bits per heavy atom. The Hall–Kier alpha value is -3.64. The predicted octanol–water partition coefficient (Wildman–Crippen LogP) is 8.89. The summed E-state index contributed by atoms with van der Waals surface area (Å²) in [6.45, 7) is 18.1. The van der Waals surface area contributed by atoms with Crippen molar-refractivity contribution < 1.29 is 0 Å². The summed E-state index contributed by atoms with van der Waals surface area (Å²) in [4.78, 5) is 0. The zero-order chi connectivity index (χ0) is 29.1. The Bertz CT molecular complexity index is 1380. The fraction of sp³-hybridized carbons (Fsp3) is 0.222. The van der Waals surface area contributed by atoms with E-state index in [-0.39, 0.29) is 0 Å². The van der Waals surface area contributed by atoms with Gasteiger partial charge in [-0.05, 0) is 0 Å². The van der Waals surface area contributed by atoms with Gasteiger partial charge >= 0.3 is 252 Å². The normalized spacial score (nSPS) is 15.6. The van der Waals surface area contributed by atoms with Crippen molar-refractivity contribution in [1.82, 2.24) is 0 Å². The van der Waals surface area contributed by atoms with E-state index in [1.165, 1.54) is 67.3 Å². The van der Waals surface area contributed by atoms with E-state index >= 15 is 0 Å². The predicted molar refractivity (Wildman–Crippen MR) is 178 cm³/mol. The molecule has 208 valence electrons. The van der Waals surface area contributed by atoms with Gasteiger partial charge in [0.25, 0.3) is 0 Å². The van der Waals surface area contributed by atoms with Gasteiger partial charge in [-0.2, -0.15) is 0 Å². The van der Waals surface area contributed by atoms with Crippen molar-refractivity contribution >= 4 is 42.2 Å². The van der Waals surface area contributed by atoms with Gasteiger partial charge in [0.1, 0.15) is 0 Å². The van der Waals surface area contributed by atoms with E-state index in [4.69, 9.17) is 0 Å². The Morgan fingerprint density at radius 1 is 0.317 bits per heavy atom. The zero-order valence-corrected chi connectivity index (χ0v) is 28.4. The summed E-state index contributed by atoms with van der Waals surface area (Å²) in [5.41, 5.74) is 15.6. The molecule has 0 atom stereocenters. The third-order valence-corrected chi connectivity index (χ3v) is 20.4. The standard InChI is InChI=1S/2C18H20N2.Sn/c2*1-13-7-5-8-14(2)17(13)19-11-12-20-18-15(3)9-6-10-16(18)4;/h2*5-12H,1-4H3;/q2*-2;+4. The number of benzene rings is 4. The average molecular weight is 647 g/mol. The number of hydrogen-bond acceptors (Lipinski definition) is 4. The van der Waals surface area contributed by atoms with E-state index in [2.05, 4.69) is 165 Å². The van der Waals surface area contributed by atoms with E-state index < -0.39 is 19.5 Å². The van der Waals surface area contributed by atoms with Crippen LogP contribution in [0.1, 0.15) is 44.5 Å². The van der Waals surface area contributed by atoms with Crippen molar-refractivity contribution in [3.8, 4) is 0 Å². The van der Waals surface area contributed by atoms with Crippen molar-refractivity contribution in [3.63, 3.8) is 0 Å². The monoisotopic (exact) mass is 648 g/mol. The molecular weight excluding hydrogens is 607 g/mol. The fourth-order valence-electron chi connectivity index (χ4n) is 7.00. The second kappa shape index (κ2) is 10.3. The number of nitrogens with zero attached hydrogens (tertiary/aromatic N) is 4. The van der Waals surface area contributed by atoms with Crippen molar-refractivity contribution in [1.29, 1.82) is 0 Å². The third kappa shape index (κ3) is 4.10. The van der Waals surface area contributed by atoms with Crippen LogP contribution >= 0.6 is 0 Å². The first-order valence-electron chi connectivity index (χ1n) is 14.5. The molecule has 0 aliphatic carbocycles. The van der Waals surface area contributed by atoms with E-state index in [0.717, 1.165) is 0 Å². The molecule has 2 aliphatic heterocycles. The summed E-state index contributed by atoms with van der Waals surface area (Å²) in [5.74, 6) is 0. The van der Waals surface area contributed by atoms with Crippen LogP contribution in [0, 0.1) is 55.4 Å². The summed E-state index contributed by atoms with van der Waals surface area (Å²) in [5, 5.41) is 0. The van der Waals surface area contributed by atoms with Crippen molar-refractivity contribution in [2.75, 3.05) is 12.5 Å².